The molecule has 0 saturated heterocycles. The van der Waals surface area contributed by atoms with Crippen molar-refractivity contribution in [3.05, 3.63) is 29.3 Å². The van der Waals surface area contributed by atoms with Gasteiger partial charge in [-0.25, -0.2) is 0 Å². The molecule has 1 aromatic carbocycles. The highest BCUT2D eigenvalue weighted by Gasteiger charge is 2.13. The third-order valence-electron chi connectivity index (χ3n) is 2.81. The second-order valence-corrected chi connectivity index (χ2v) is 5.03. The summed E-state index contributed by atoms with van der Waals surface area (Å²) in [7, 11) is 0. The molecule has 0 aliphatic carbocycles. The zero-order chi connectivity index (χ0) is 13.7. The summed E-state index contributed by atoms with van der Waals surface area (Å²) in [5.41, 5.74) is 7.69. The maximum absolute atomic E-state index is 11.9. The van der Waals surface area contributed by atoms with Crippen LogP contribution in [0.4, 0.5) is 5.69 Å². The van der Waals surface area contributed by atoms with Crippen LogP contribution in [0.25, 0.3) is 0 Å². The molecule has 18 heavy (non-hydrogen) atoms. The van der Waals surface area contributed by atoms with Crippen LogP contribution < -0.4 is 11.1 Å². The van der Waals surface area contributed by atoms with Crippen LogP contribution in [0.2, 0.25) is 0 Å². The molecule has 0 fully saturated rings. The number of nitrogens with two attached hydrogens (primary N) is 1. The quantitative estimate of drug-likeness (QED) is 0.696. The first kappa shape index (κ1) is 14.5. The maximum atomic E-state index is 11.9. The number of nitrogens with one attached hydrogen (secondary N) is 1. The van der Waals surface area contributed by atoms with Crippen molar-refractivity contribution in [3.63, 3.8) is 0 Å². The van der Waals surface area contributed by atoms with Crippen LogP contribution in [0.15, 0.2) is 18.2 Å². The van der Waals surface area contributed by atoms with E-state index in [2.05, 4.69) is 5.32 Å². The second kappa shape index (κ2) is 6.40. The van der Waals surface area contributed by atoms with Gasteiger partial charge in [-0.15, -0.1) is 0 Å². The number of aryl methyl sites for hydroxylation is 1. The van der Waals surface area contributed by atoms with Crippen molar-refractivity contribution in [2.45, 2.75) is 33.3 Å². The number of benzene rings is 1. The molecule has 0 spiro atoms. The largest absolute Gasteiger partial charge is 0.398 e. The van der Waals surface area contributed by atoms with Crippen molar-refractivity contribution in [1.29, 1.82) is 0 Å². The van der Waals surface area contributed by atoms with Crippen molar-refractivity contribution in [1.82, 2.24) is 5.32 Å². The lowest BCUT2D eigenvalue weighted by Crippen LogP contribution is -2.33. The fourth-order valence-electron chi connectivity index (χ4n) is 1.81. The molecule has 0 heterocycles. The molecule has 1 amide bonds. The third kappa shape index (κ3) is 4.04. The molecule has 0 aromatic heterocycles. The lowest BCUT2D eigenvalue weighted by Gasteiger charge is -2.14. The minimum Gasteiger partial charge on any atom is -0.398 e. The molecule has 4 N–H and O–H groups in total. The summed E-state index contributed by atoms with van der Waals surface area (Å²) >= 11 is 0. The summed E-state index contributed by atoms with van der Waals surface area (Å²) in [5.74, 6) is 0.167. The van der Waals surface area contributed by atoms with E-state index in [4.69, 9.17) is 5.73 Å². The summed E-state index contributed by atoms with van der Waals surface area (Å²) < 4.78 is 0. The smallest absolute Gasteiger partial charge is 0.253 e. The van der Waals surface area contributed by atoms with Gasteiger partial charge in [0.1, 0.15) is 0 Å². The predicted molar refractivity (Wildman–Crippen MR) is 73.4 cm³/mol. The van der Waals surface area contributed by atoms with Crippen LogP contribution in [-0.4, -0.2) is 23.7 Å². The van der Waals surface area contributed by atoms with E-state index in [-0.39, 0.29) is 12.5 Å². The first-order valence-corrected chi connectivity index (χ1v) is 6.23. The van der Waals surface area contributed by atoms with Crippen molar-refractivity contribution in [3.8, 4) is 0 Å². The molecular formula is C14H22N2O2. The highest BCUT2D eigenvalue weighted by atomic mass is 16.3. The van der Waals surface area contributed by atoms with Crippen LogP contribution in [0.1, 0.15) is 36.2 Å². The molecular weight excluding hydrogens is 228 g/mol. The highest BCUT2D eigenvalue weighted by Crippen LogP contribution is 2.16. The Bertz CT molecular complexity index is 416. The number of hydrogen-bond acceptors (Lipinski definition) is 3. The minimum atomic E-state index is -0.514. The van der Waals surface area contributed by atoms with Gasteiger partial charge in [-0.1, -0.05) is 26.0 Å². The number of carbonyl (C=O) groups is 1. The normalized spacial score (nSPS) is 12.5. The monoisotopic (exact) mass is 250 g/mol. The van der Waals surface area contributed by atoms with Gasteiger partial charge in [0.2, 0.25) is 0 Å². The number of anilines is 1. The van der Waals surface area contributed by atoms with E-state index in [9.17, 15) is 9.90 Å². The molecule has 4 heteroatoms. The summed E-state index contributed by atoms with van der Waals surface area (Å²) in [6.07, 6.45) is 0.156. The van der Waals surface area contributed by atoms with E-state index in [0.717, 1.165) is 5.56 Å². The van der Waals surface area contributed by atoms with E-state index in [0.29, 0.717) is 23.6 Å². The first-order chi connectivity index (χ1) is 8.41. The Balaban J connectivity index is 2.58. The predicted octanol–water partition coefficient (Wildman–Crippen LogP) is 1.71. The summed E-state index contributed by atoms with van der Waals surface area (Å²) in [5, 5.41) is 12.4. The van der Waals surface area contributed by atoms with Crippen molar-refractivity contribution in [2.75, 3.05) is 12.3 Å². The van der Waals surface area contributed by atoms with E-state index in [1.165, 1.54) is 0 Å². The molecule has 1 rings (SSSR count). The van der Waals surface area contributed by atoms with Crippen LogP contribution in [0, 0.1) is 12.8 Å². The average molecular weight is 250 g/mol. The Labute approximate surface area is 108 Å². The standard InChI is InChI=1S/C14H22N2O2/c1-9(2)7-11(17)8-16-14(18)12-6-4-5-10(3)13(12)15/h4-6,9,11,17H,7-8,15H2,1-3H3,(H,16,18). The third-order valence-corrected chi connectivity index (χ3v) is 2.81. The summed E-state index contributed by atoms with van der Waals surface area (Å²) in [6, 6.07) is 5.34. The number of rotatable bonds is 5. The SMILES string of the molecule is Cc1cccc(C(=O)NCC(O)CC(C)C)c1N. The number of hydrogen-bond donors (Lipinski definition) is 3. The Hall–Kier alpha value is -1.55. The number of nitrogen functional groups attached to an aromatic ring is 1. The van der Waals surface area contributed by atoms with Gasteiger partial charge in [0.15, 0.2) is 0 Å². The number of amides is 1. The first-order valence-electron chi connectivity index (χ1n) is 6.23. The molecule has 4 nitrogen and oxygen atoms in total. The molecule has 1 aromatic rings. The Morgan fingerprint density at radius 3 is 2.72 bits per heavy atom. The molecule has 0 bridgehead atoms. The lowest BCUT2D eigenvalue weighted by atomic mass is 10.1. The lowest BCUT2D eigenvalue weighted by molar-refractivity contribution is 0.0901. The van der Waals surface area contributed by atoms with Gasteiger partial charge < -0.3 is 16.2 Å². The van der Waals surface area contributed by atoms with Gasteiger partial charge in [0.25, 0.3) is 5.91 Å². The van der Waals surface area contributed by atoms with Crippen LogP contribution in [0.3, 0.4) is 0 Å². The van der Waals surface area contributed by atoms with Gasteiger partial charge in [-0.3, -0.25) is 4.79 Å². The number of aliphatic hydroxyl groups is 1. The summed E-state index contributed by atoms with van der Waals surface area (Å²) in [6.45, 7) is 6.18. The Morgan fingerprint density at radius 1 is 1.44 bits per heavy atom. The maximum Gasteiger partial charge on any atom is 0.253 e. The van der Waals surface area contributed by atoms with Crippen molar-refractivity contribution in [2.24, 2.45) is 5.92 Å². The molecule has 1 atom stereocenters. The fourth-order valence-corrected chi connectivity index (χ4v) is 1.81. The van der Waals surface area contributed by atoms with Crippen LogP contribution >= 0.6 is 0 Å². The Kier molecular flexibility index (Phi) is 5.16. The van der Waals surface area contributed by atoms with Gasteiger partial charge in [0.05, 0.1) is 11.7 Å². The molecule has 0 radical (unpaired) electrons. The van der Waals surface area contributed by atoms with Crippen LogP contribution in [0.5, 0.6) is 0 Å². The van der Waals surface area contributed by atoms with Gasteiger partial charge in [0, 0.05) is 12.2 Å². The van der Waals surface area contributed by atoms with E-state index in [1.807, 2.05) is 26.8 Å². The fraction of sp³-hybridized carbons (Fsp3) is 0.500. The molecule has 0 saturated carbocycles. The number of carbonyl (C=O) groups excluding carboxylic acids is 1. The molecule has 0 aliphatic heterocycles. The molecule has 0 aliphatic rings. The van der Waals surface area contributed by atoms with Gasteiger partial charge >= 0.3 is 0 Å². The average Bonchev–Trinajstić information content (AvgIpc) is 2.29. The van der Waals surface area contributed by atoms with E-state index < -0.39 is 6.10 Å². The zero-order valence-corrected chi connectivity index (χ0v) is 11.2. The van der Waals surface area contributed by atoms with E-state index in [1.54, 1.807) is 12.1 Å². The number of para-hydroxylation sites is 1. The minimum absolute atomic E-state index is 0.237. The van der Waals surface area contributed by atoms with E-state index >= 15 is 0 Å². The van der Waals surface area contributed by atoms with Gasteiger partial charge in [-0.2, -0.15) is 0 Å². The number of aliphatic hydroxyl groups excluding tert-OH is 1. The topological polar surface area (TPSA) is 75.3 Å². The molecule has 1 unspecified atom stereocenters. The van der Waals surface area contributed by atoms with Crippen LogP contribution in [-0.2, 0) is 0 Å². The van der Waals surface area contributed by atoms with Crippen molar-refractivity contribution >= 4 is 11.6 Å². The summed E-state index contributed by atoms with van der Waals surface area (Å²) in [4.78, 5) is 11.9. The molecule has 100 valence electrons. The van der Waals surface area contributed by atoms with Crippen molar-refractivity contribution < 1.29 is 9.90 Å². The zero-order valence-electron chi connectivity index (χ0n) is 11.2. The van der Waals surface area contributed by atoms with Gasteiger partial charge in [-0.05, 0) is 30.9 Å². The highest BCUT2D eigenvalue weighted by molar-refractivity contribution is 5.99. The second-order valence-electron chi connectivity index (χ2n) is 5.03. The Morgan fingerprint density at radius 2 is 2.11 bits per heavy atom.